The van der Waals surface area contributed by atoms with Crippen LogP contribution in [0.15, 0.2) is 158 Å². The molecule has 2 atom stereocenters. The van der Waals surface area contributed by atoms with E-state index in [9.17, 15) is 0 Å². The Hall–Kier alpha value is -6.26. The number of benzene rings is 7. The molecule has 274 valence electrons. The zero-order valence-corrected chi connectivity index (χ0v) is 32.6. The molecular weight excluding hydrogens is 681 g/mol. The minimum Gasteiger partial charge on any atom is -0.331 e. The molecule has 7 aromatic rings. The van der Waals surface area contributed by atoms with Crippen LogP contribution in [0.1, 0.15) is 56.2 Å². The predicted octanol–water partition coefficient (Wildman–Crippen LogP) is 14.7. The number of hydrogen-bond acceptors (Lipinski definition) is 4. The molecule has 1 fully saturated rings. The third kappa shape index (κ3) is 4.47. The van der Waals surface area contributed by atoms with Gasteiger partial charge in [-0.25, -0.2) is 0 Å². The number of nitrogens with zero attached hydrogens (tertiary/aromatic N) is 4. The molecule has 3 heterocycles. The van der Waals surface area contributed by atoms with Gasteiger partial charge in [0, 0.05) is 28.2 Å². The van der Waals surface area contributed by atoms with Gasteiger partial charge in [-0.15, -0.1) is 0 Å². The van der Waals surface area contributed by atoms with Gasteiger partial charge in [-0.3, -0.25) is 0 Å². The highest BCUT2D eigenvalue weighted by atomic mass is 15.4. The van der Waals surface area contributed by atoms with E-state index in [1.807, 2.05) is 0 Å². The average molecular weight is 727 g/mol. The van der Waals surface area contributed by atoms with Crippen LogP contribution >= 0.6 is 0 Å². The van der Waals surface area contributed by atoms with Gasteiger partial charge in [-0.2, -0.15) is 0 Å². The molecule has 0 saturated heterocycles. The van der Waals surface area contributed by atoms with Gasteiger partial charge in [0.1, 0.15) is 0 Å². The van der Waals surface area contributed by atoms with Crippen molar-refractivity contribution in [2.24, 2.45) is 0 Å². The van der Waals surface area contributed by atoms with Crippen molar-refractivity contribution in [3.63, 3.8) is 0 Å². The van der Waals surface area contributed by atoms with Gasteiger partial charge >= 0.3 is 0 Å². The van der Waals surface area contributed by atoms with E-state index in [-0.39, 0.29) is 11.0 Å². The fourth-order valence-electron chi connectivity index (χ4n) is 10.7. The summed E-state index contributed by atoms with van der Waals surface area (Å²) in [6.07, 6.45) is 4.93. The maximum Gasteiger partial charge on any atom is 0.0944 e. The molecule has 0 aromatic heterocycles. The van der Waals surface area contributed by atoms with E-state index in [0.717, 1.165) is 17.1 Å². The Bertz CT molecular complexity index is 2680. The Morgan fingerprint density at radius 1 is 0.482 bits per heavy atom. The standard InChI is InChI=1S/C52H46N4/c1-35-17-11-12-23-42(35)54(47-33-38(28-27-36(47)2)37-18-7-5-8-19-37)40-29-30-43-48(34-40)53(39-20-9-6-10-21-39)45-25-16-26-46-50(45)55(43)44-24-15-22-41-49(44)56(46)52(4)32-14-13-31-51(41,52)3/h5-12,15-30,33-34H,13-14,31-32H2,1-4H3. The summed E-state index contributed by atoms with van der Waals surface area (Å²) in [6.45, 7) is 9.53. The highest BCUT2D eigenvalue weighted by molar-refractivity contribution is 6.13. The van der Waals surface area contributed by atoms with E-state index >= 15 is 0 Å². The summed E-state index contributed by atoms with van der Waals surface area (Å²) in [5, 5.41) is 0. The van der Waals surface area contributed by atoms with Gasteiger partial charge in [0.25, 0.3) is 0 Å². The first-order valence-electron chi connectivity index (χ1n) is 20.3. The summed E-state index contributed by atoms with van der Waals surface area (Å²) < 4.78 is 0. The Kier molecular flexibility index (Phi) is 7.17. The molecular formula is C52H46N4. The minimum atomic E-state index is -0.00714. The quantitative estimate of drug-likeness (QED) is 0.175. The van der Waals surface area contributed by atoms with E-state index in [0.29, 0.717) is 0 Å². The van der Waals surface area contributed by atoms with Crippen LogP contribution < -0.4 is 19.6 Å². The van der Waals surface area contributed by atoms with Crippen molar-refractivity contribution >= 4 is 62.6 Å². The molecule has 0 spiro atoms. The third-order valence-electron chi connectivity index (χ3n) is 13.7. The minimum absolute atomic E-state index is 0.00714. The lowest BCUT2D eigenvalue weighted by atomic mass is 9.61. The van der Waals surface area contributed by atoms with Gasteiger partial charge in [-0.05, 0) is 122 Å². The van der Waals surface area contributed by atoms with Crippen molar-refractivity contribution in [2.45, 2.75) is 64.3 Å². The van der Waals surface area contributed by atoms with Gasteiger partial charge in [0.05, 0.1) is 45.4 Å². The van der Waals surface area contributed by atoms with Crippen LogP contribution in [0, 0.1) is 13.8 Å². The summed E-state index contributed by atoms with van der Waals surface area (Å²) in [7, 11) is 0. The van der Waals surface area contributed by atoms with Crippen LogP contribution in [0.5, 0.6) is 0 Å². The molecule has 4 nitrogen and oxygen atoms in total. The molecule has 1 aliphatic carbocycles. The van der Waals surface area contributed by atoms with Gasteiger partial charge in [0.2, 0.25) is 0 Å². The zero-order chi connectivity index (χ0) is 37.8. The molecule has 7 aromatic carbocycles. The van der Waals surface area contributed by atoms with E-state index in [2.05, 4.69) is 205 Å². The SMILES string of the molecule is Cc1ccccc1N(c1ccc2c(c1)N(c1ccccc1)c1cccc3c1N2c1cccc2c1N3C1(C)CCCCC21C)c1cc(-c2ccccc2)ccc1C. The lowest BCUT2D eigenvalue weighted by Crippen LogP contribution is -2.55. The summed E-state index contributed by atoms with van der Waals surface area (Å²) in [6, 6.07) is 58.6. The number of rotatable bonds is 5. The Morgan fingerprint density at radius 2 is 1.16 bits per heavy atom. The fraction of sp³-hybridized carbons (Fsp3) is 0.192. The molecule has 0 amide bonds. The maximum absolute atomic E-state index is 2.76. The lowest BCUT2D eigenvalue weighted by molar-refractivity contribution is 0.195. The van der Waals surface area contributed by atoms with Crippen molar-refractivity contribution in [1.82, 2.24) is 0 Å². The lowest BCUT2D eigenvalue weighted by Gasteiger charge is -2.53. The number of aryl methyl sites for hydroxylation is 2. The normalized spacial score (nSPS) is 19.9. The Balaban J connectivity index is 1.17. The van der Waals surface area contributed by atoms with Gasteiger partial charge in [-0.1, -0.05) is 117 Å². The topological polar surface area (TPSA) is 13.0 Å². The molecule has 56 heavy (non-hydrogen) atoms. The molecule has 0 bridgehead atoms. The van der Waals surface area contributed by atoms with Crippen molar-refractivity contribution < 1.29 is 0 Å². The largest absolute Gasteiger partial charge is 0.331 e. The van der Waals surface area contributed by atoms with Crippen molar-refractivity contribution in [2.75, 3.05) is 19.6 Å². The van der Waals surface area contributed by atoms with Crippen molar-refractivity contribution in [1.29, 1.82) is 0 Å². The summed E-state index contributed by atoms with van der Waals surface area (Å²) in [5.41, 5.74) is 19.8. The zero-order valence-electron chi connectivity index (χ0n) is 32.6. The van der Waals surface area contributed by atoms with E-state index in [1.54, 1.807) is 0 Å². The first-order valence-corrected chi connectivity index (χ1v) is 20.3. The van der Waals surface area contributed by atoms with Gasteiger partial charge < -0.3 is 19.6 Å². The van der Waals surface area contributed by atoms with Crippen molar-refractivity contribution in [3.8, 4) is 11.1 Å². The summed E-state index contributed by atoms with van der Waals surface area (Å²) in [4.78, 5) is 10.3. The maximum atomic E-state index is 2.76. The third-order valence-corrected chi connectivity index (χ3v) is 13.7. The second kappa shape index (κ2) is 12.1. The molecule has 4 heteroatoms. The Labute approximate surface area is 330 Å². The second-order valence-electron chi connectivity index (χ2n) is 16.6. The fourth-order valence-corrected chi connectivity index (χ4v) is 10.7. The predicted molar refractivity (Wildman–Crippen MR) is 235 cm³/mol. The van der Waals surface area contributed by atoms with Crippen molar-refractivity contribution in [3.05, 3.63) is 174 Å². The molecule has 4 aliphatic rings. The second-order valence-corrected chi connectivity index (χ2v) is 16.6. The number of anilines is 11. The smallest absolute Gasteiger partial charge is 0.0944 e. The van der Waals surface area contributed by atoms with Crippen LogP contribution in [0.2, 0.25) is 0 Å². The highest BCUT2D eigenvalue weighted by Gasteiger charge is 2.60. The first-order chi connectivity index (χ1) is 27.4. The molecule has 11 rings (SSSR count). The Morgan fingerprint density at radius 3 is 1.96 bits per heavy atom. The number of para-hydroxylation sites is 4. The molecule has 3 aliphatic heterocycles. The van der Waals surface area contributed by atoms with Crippen LogP contribution in [-0.4, -0.2) is 5.54 Å². The number of fused-ring (bicyclic) bond motifs is 7. The molecule has 0 N–H and O–H groups in total. The molecule has 0 radical (unpaired) electrons. The van der Waals surface area contributed by atoms with E-state index in [1.165, 1.54) is 99.0 Å². The van der Waals surface area contributed by atoms with Crippen LogP contribution in [0.4, 0.5) is 62.6 Å². The van der Waals surface area contributed by atoms with Crippen LogP contribution in [0.3, 0.4) is 0 Å². The van der Waals surface area contributed by atoms with Gasteiger partial charge in [0.15, 0.2) is 0 Å². The monoisotopic (exact) mass is 726 g/mol. The number of hydrogen-bond donors (Lipinski definition) is 0. The average Bonchev–Trinajstić information content (AvgIpc) is 3.45. The first kappa shape index (κ1) is 33.1. The van der Waals surface area contributed by atoms with Crippen LogP contribution in [0.25, 0.3) is 11.1 Å². The summed E-state index contributed by atoms with van der Waals surface area (Å²) in [5.74, 6) is 0. The van der Waals surface area contributed by atoms with Crippen LogP contribution in [-0.2, 0) is 5.41 Å². The van der Waals surface area contributed by atoms with E-state index in [4.69, 9.17) is 0 Å². The summed E-state index contributed by atoms with van der Waals surface area (Å²) >= 11 is 0. The van der Waals surface area contributed by atoms with E-state index < -0.39 is 0 Å². The highest BCUT2D eigenvalue weighted by Crippen LogP contribution is 2.70. The molecule has 1 saturated carbocycles. The molecule has 2 unspecified atom stereocenters.